The fourth-order valence-electron chi connectivity index (χ4n) is 3.74. The molecule has 0 spiro atoms. The van der Waals surface area contributed by atoms with Crippen LogP contribution in [0.15, 0.2) is 70.8 Å². The van der Waals surface area contributed by atoms with Gasteiger partial charge in [-0.2, -0.15) is 0 Å². The molecule has 1 aliphatic heterocycles. The Morgan fingerprint density at radius 1 is 1.06 bits per heavy atom. The molecule has 0 unspecified atom stereocenters. The Labute approximate surface area is 193 Å². The fourth-order valence-corrected chi connectivity index (χ4v) is 3.92. The van der Waals surface area contributed by atoms with Gasteiger partial charge in [-0.15, -0.1) is 0 Å². The van der Waals surface area contributed by atoms with Crippen molar-refractivity contribution in [3.63, 3.8) is 0 Å². The van der Waals surface area contributed by atoms with Crippen molar-refractivity contribution < 1.29 is 28.2 Å². The zero-order valence-electron chi connectivity index (χ0n) is 17.7. The second kappa shape index (κ2) is 8.15. The molecule has 1 aliphatic rings. The highest BCUT2D eigenvalue weighted by Gasteiger charge is 2.31. The summed E-state index contributed by atoms with van der Waals surface area (Å²) in [5.41, 5.74) is 2.29. The Balaban J connectivity index is 1.42. The van der Waals surface area contributed by atoms with Crippen molar-refractivity contribution in [1.29, 1.82) is 0 Å². The van der Waals surface area contributed by atoms with E-state index in [9.17, 15) is 9.59 Å². The van der Waals surface area contributed by atoms with Crippen molar-refractivity contribution in [3.05, 3.63) is 93.9 Å². The third-order valence-electron chi connectivity index (χ3n) is 5.26. The number of aryl methyl sites for hydroxylation is 1. The molecule has 0 saturated heterocycles. The number of furan rings is 1. The summed E-state index contributed by atoms with van der Waals surface area (Å²) in [5.74, 6) is 0.461. The van der Waals surface area contributed by atoms with Crippen LogP contribution in [0.5, 0.6) is 17.2 Å². The molecule has 0 atom stereocenters. The second-order valence-electron chi connectivity index (χ2n) is 7.48. The molecule has 2 heterocycles. The summed E-state index contributed by atoms with van der Waals surface area (Å²) < 4.78 is 22.2. The van der Waals surface area contributed by atoms with Gasteiger partial charge < -0.3 is 18.6 Å². The molecule has 0 amide bonds. The molecule has 164 valence electrons. The van der Waals surface area contributed by atoms with Gasteiger partial charge in [0.05, 0.1) is 12.7 Å². The van der Waals surface area contributed by atoms with Gasteiger partial charge >= 0.3 is 5.97 Å². The predicted octanol–water partition coefficient (Wildman–Crippen LogP) is 6.24. The fraction of sp³-hybridized carbons (Fsp3) is 0.0769. The van der Waals surface area contributed by atoms with E-state index in [0.29, 0.717) is 44.2 Å². The summed E-state index contributed by atoms with van der Waals surface area (Å²) in [7, 11) is 1.56. The molecule has 3 aromatic carbocycles. The van der Waals surface area contributed by atoms with Gasteiger partial charge in [0.2, 0.25) is 11.5 Å². The number of hydrogen-bond donors (Lipinski definition) is 0. The van der Waals surface area contributed by atoms with E-state index >= 15 is 0 Å². The van der Waals surface area contributed by atoms with Crippen LogP contribution in [-0.2, 0) is 0 Å². The molecule has 5 rings (SSSR count). The third-order valence-corrected chi connectivity index (χ3v) is 5.49. The van der Waals surface area contributed by atoms with Gasteiger partial charge in [0.25, 0.3) is 0 Å². The zero-order chi connectivity index (χ0) is 23.1. The van der Waals surface area contributed by atoms with E-state index in [4.69, 9.17) is 30.2 Å². The van der Waals surface area contributed by atoms with Crippen LogP contribution < -0.4 is 14.2 Å². The molecule has 0 radical (unpaired) electrons. The van der Waals surface area contributed by atoms with E-state index in [1.807, 2.05) is 18.2 Å². The Bertz CT molecular complexity index is 1460. The number of methoxy groups -OCH3 is 1. The lowest BCUT2D eigenvalue weighted by atomic mass is 10.0. The van der Waals surface area contributed by atoms with Crippen molar-refractivity contribution in [2.24, 2.45) is 0 Å². The maximum absolute atomic E-state index is 12.9. The number of para-hydroxylation sites is 1. The van der Waals surface area contributed by atoms with Crippen molar-refractivity contribution in [2.45, 2.75) is 6.92 Å². The monoisotopic (exact) mass is 460 g/mol. The number of allylic oxidation sites excluding steroid dienone is 1. The number of ketones is 1. The summed E-state index contributed by atoms with van der Waals surface area (Å²) in [6.07, 6.45) is 1.63. The first-order chi connectivity index (χ1) is 15.9. The van der Waals surface area contributed by atoms with Crippen LogP contribution in [0.4, 0.5) is 0 Å². The van der Waals surface area contributed by atoms with Gasteiger partial charge in [0.1, 0.15) is 22.8 Å². The standard InChI is InChI=1S/C26H17ClO6/c1-14-9-18(31-26(29)23-12-16-10-17(27)7-8-20(16)32-23)13-21-24(14)25(28)22(33-21)11-15-5-3-4-6-19(15)30-2/h3-13H,1-2H3/b22-11-. The molecule has 0 saturated carbocycles. The van der Waals surface area contributed by atoms with Gasteiger partial charge in [-0.3, -0.25) is 4.79 Å². The van der Waals surface area contributed by atoms with Gasteiger partial charge in [-0.25, -0.2) is 4.79 Å². The molecule has 0 fully saturated rings. The van der Waals surface area contributed by atoms with E-state index in [0.717, 1.165) is 0 Å². The van der Waals surface area contributed by atoms with E-state index < -0.39 is 5.97 Å². The molecule has 1 aromatic heterocycles. The first-order valence-electron chi connectivity index (χ1n) is 10.1. The number of halogens is 1. The Morgan fingerprint density at radius 2 is 1.88 bits per heavy atom. The number of carbonyl (C=O) groups is 2. The number of ether oxygens (including phenoxy) is 3. The average Bonchev–Trinajstić information content (AvgIpc) is 3.35. The number of rotatable bonds is 4. The van der Waals surface area contributed by atoms with Crippen LogP contribution in [0.1, 0.15) is 32.0 Å². The van der Waals surface area contributed by atoms with Crippen molar-refractivity contribution >= 4 is 40.4 Å². The Hall–Kier alpha value is -4.03. The molecule has 6 nitrogen and oxygen atoms in total. The largest absolute Gasteiger partial charge is 0.496 e. The Morgan fingerprint density at radius 3 is 2.70 bits per heavy atom. The summed E-state index contributed by atoms with van der Waals surface area (Å²) in [4.78, 5) is 25.6. The van der Waals surface area contributed by atoms with E-state index in [1.54, 1.807) is 56.5 Å². The maximum Gasteiger partial charge on any atom is 0.379 e. The van der Waals surface area contributed by atoms with Crippen molar-refractivity contribution in [3.8, 4) is 17.2 Å². The number of benzene rings is 3. The first-order valence-corrected chi connectivity index (χ1v) is 10.4. The number of carbonyl (C=O) groups excluding carboxylic acids is 2. The van der Waals surface area contributed by atoms with E-state index in [2.05, 4.69) is 0 Å². The Kier molecular flexibility index (Phi) is 5.15. The highest BCUT2D eigenvalue weighted by atomic mass is 35.5. The first kappa shape index (κ1) is 20.8. The van der Waals surface area contributed by atoms with Crippen LogP contribution in [-0.4, -0.2) is 18.9 Å². The molecule has 0 bridgehead atoms. The van der Waals surface area contributed by atoms with Crippen molar-refractivity contribution in [2.75, 3.05) is 7.11 Å². The lowest BCUT2D eigenvalue weighted by Crippen LogP contribution is -2.07. The summed E-state index contributed by atoms with van der Waals surface area (Å²) >= 11 is 5.99. The highest BCUT2D eigenvalue weighted by Crippen LogP contribution is 2.38. The third kappa shape index (κ3) is 3.85. The van der Waals surface area contributed by atoms with Crippen LogP contribution in [0, 0.1) is 6.92 Å². The van der Waals surface area contributed by atoms with Crippen molar-refractivity contribution in [1.82, 2.24) is 0 Å². The molecule has 4 aromatic rings. The predicted molar refractivity (Wildman–Crippen MR) is 123 cm³/mol. The minimum atomic E-state index is -0.671. The molecular formula is C26H17ClO6. The lowest BCUT2D eigenvalue weighted by Gasteiger charge is -2.06. The number of hydrogen-bond acceptors (Lipinski definition) is 6. The zero-order valence-corrected chi connectivity index (χ0v) is 18.4. The molecule has 33 heavy (non-hydrogen) atoms. The van der Waals surface area contributed by atoms with Gasteiger partial charge in [-0.05, 0) is 55.0 Å². The number of esters is 1. The molecular weight excluding hydrogens is 444 g/mol. The maximum atomic E-state index is 12.9. The quantitative estimate of drug-likeness (QED) is 0.204. The minimum Gasteiger partial charge on any atom is -0.496 e. The SMILES string of the molecule is COc1ccccc1/C=C1\Oc2cc(OC(=O)c3cc4cc(Cl)ccc4o3)cc(C)c2C1=O. The van der Waals surface area contributed by atoms with E-state index in [-0.39, 0.29) is 23.1 Å². The van der Waals surface area contributed by atoms with E-state index in [1.165, 1.54) is 6.07 Å². The number of fused-ring (bicyclic) bond motifs is 2. The van der Waals surface area contributed by atoms with Crippen LogP contribution >= 0.6 is 11.6 Å². The highest BCUT2D eigenvalue weighted by molar-refractivity contribution is 6.31. The number of Topliss-reactive ketones (excluding diaryl/α,β-unsaturated/α-hetero) is 1. The normalized spacial score (nSPS) is 13.8. The smallest absolute Gasteiger partial charge is 0.379 e. The summed E-state index contributed by atoms with van der Waals surface area (Å²) in [6, 6.07) is 17.1. The van der Waals surface area contributed by atoms with Crippen LogP contribution in [0.25, 0.3) is 17.0 Å². The molecule has 0 N–H and O–H groups in total. The topological polar surface area (TPSA) is 75.0 Å². The molecule has 0 aliphatic carbocycles. The average molecular weight is 461 g/mol. The van der Waals surface area contributed by atoms with Crippen LogP contribution in [0.3, 0.4) is 0 Å². The minimum absolute atomic E-state index is 0.0409. The lowest BCUT2D eigenvalue weighted by molar-refractivity contribution is 0.0703. The summed E-state index contributed by atoms with van der Waals surface area (Å²) in [6.45, 7) is 1.76. The second-order valence-corrected chi connectivity index (χ2v) is 7.91. The van der Waals surface area contributed by atoms with Gasteiger partial charge in [0, 0.05) is 22.0 Å². The van der Waals surface area contributed by atoms with Gasteiger partial charge in [-0.1, -0.05) is 29.8 Å². The molecule has 7 heteroatoms. The van der Waals surface area contributed by atoms with Crippen LogP contribution in [0.2, 0.25) is 5.02 Å². The summed E-state index contributed by atoms with van der Waals surface area (Å²) in [5, 5.41) is 1.23. The van der Waals surface area contributed by atoms with Gasteiger partial charge in [0.15, 0.2) is 5.76 Å².